The zero-order chi connectivity index (χ0) is 16.6. The topological polar surface area (TPSA) is 38.8 Å². The molecule has 120 valence electrons. The Bertz CT molecular complexity index is 762. The van der Waals surface area contributed by atoms with Crippen LogP contribution in [0.2, 0.25) is 10.0 Å². The van der Waals surface area contributed by atoms with Crippen LogP contribution in [0.5, 0.6) is 11.5 Å². The highest BCUT2D eigenvalue weighted by Gasteiger charge is 2.23. The molecule has 0 bridgehead atoms. The van der Waals surface area contributed by atoms with Gasteiger partial charge in [0.25, 0.3) is 5.91 Å². The molecule has 0 aliphatic carbocycles. The van der Waals surface area contributed by atoms with Crippen LogP contribution in [-0.2, 0) is 6.54 Å². The van der Waals surface area contributed by atoms with E-state index in [1.807, 2.05) is 0 Å². The molecule has 2 aromatic carbocycles. The van der Waals surface area contributed by atoms with Gasteiger partial charge in [0, 0.05) is 29.7 Å². The first-order valence-corrected chi connectivity index (χ1v) is 7.50. The lowest BCUT2D eigenvalue weighted by Crippen LogP contribution is -2.26. The summed E-state index contributed by atoms with van der Waals surface area (Å²) >= 11 is 12.1. The fourth-order valence-electron chi connectivity index (χ4n) is 2.30. The van der Waals surface area contributed by atoms with Crippen LogP contribution >= 0.6 is 23.2 Å². The molecule has 0 saturated heterocycles. The molecule has 4 nitrogen and oxygen atoms in total. The molecule has 0 atom stereocenters. The van der Waals surface area contributed by atoms with E-state index >= 15 is 0 Å². The molecular formula is C16H12Cl2FNO3. The van der Waals surface area contributed by atoms with E-state index in [0.29, 0.717) is 22.1 Å². The van der Waals surface area contributed by atoms with Crippen molar-refractivity contribution in [3.05, 3.63) is 57.3 Å². The van der Waals surface area contributed by atoms with Crippen LogP contribution in [0.15, 0.2) is 30.3 Å². The number of benzene rings is 2. The lowest BCUT2D eigenvalue weighted by atomic mass is 10.1. The van der Waals surface area contributed by atoms with E-state index in [1.54, 1.807) is 19.2 Å². The van der Waals surface area contributed by atoms with Gasteiger partial charge in [0.2, 0.25) is 6.79 Å². The number of rotatable bonds is 3. The third-order valence-electron chi connectivity index (χ3n) is 3.48. The maximum absolute atomic E-state index is 13.8. The number of fused-ring (bicyclic) bond motifs is 1. The molecule has 0 unspecified atom stereocenters. The van der Waals surface area contributed by atoms with E-state index in [9.17, 15) is 9.18 Å². The third-order valence-corrected chi connectivity index (χ3v) is 4.11. The molecule has 1 amide bonds. The Labute approximate surface area is 142 Å². The minimum atomic E-state index is -0.458. The first kappa shape index (κ1) is 15.9. The van der Waals surface area contributed by atoms with Gasteiger partial charge in [-0.15, -0.1) is 0 Å². The van der Waals surface area contributed by atoms with Gasteiger partial charge in [-0.25, -0.2) is 4.39 Å². The standard InChI is InChI=1S/C16H12Cl2FNO3/c1-20(7-10-11(17)3-2-4-13(10)19)16(21)9-5-12(18)15-14(6-9)22-8-23-15/h2-6H,7-8H2,1H3. The van der Waals surface area contributed by atoms with Gasteiger partial charge < -0.3 is 14.4 Å². The number of nitrogens with zero attached hydrogens (tertiary/aromatic N) is 1. The van der Waals surface area contributed by atoms with Gasteiger partial charge in [0.1, 0.15) is 5.82 Å². The molecule has 2 aromatic rings. The van der Waals surface area contributed by atoms with Crippen molar-refractivity contribution in [1.82, 2.24) is 4.90 Å². The predicted molar refractivity (Wildman–Crippen MR) is 84.8 cm³/mol. The summed E-state index contributed by atoms with van der Waals surface area (Å²) in [5.41, 5.74) is 0.589. The van der Waals surface area contributed by atoms with Crippen LogP contribution in [-0.4, -0.2) is 24.6 Å². The monoisotopic (exact) mass is 355 g/mol. The zero-order valence-corrected chi connectivity index (χ0v) is 13.6. The van der Waals surface area contributed by atoms with Gasteiger partial charge in [-0.2, -0.15) is 0 Å². The van der Waals surface area contributed by atoms with Gasteiger partial charge in [-0.3, -0.25) is 4.79 Å². The molecule has 1 heterocycles. The molecule has 3 rings (SSSR count). The number of hydrogen-bond donors (Lipinski definition) is 0. The molecule has 23 heavy (non-hydrogen) atoms. The minimum Gasteiger partial charge on any atom is -0.454 e. The number of carbonyl (C=O) groups is 1. The molecule has 0 aromatic heterocycles. The highest BCUT2D eigenvalue weighted by atomic mass is 35.5. The van der Waals surface area contributed by atoms with Crippen LogP contribution in [0.1, 0.15) is 15.9 Å². The second-order valence-corrected chi connectivity index (χ2v) is 5.87. The Kier molecular flexibility index (Phi) is 4.33. The quantitative estimate of drug-likeness (QED) is 0.830. The summed E-state index contributed by atoms with van der Waals surface area (Å²) in [5, 5.41) is 0.564. The molecule has 0 saturated carbocycles. The lowest BCUT2D eigenvalue weighted by molar-refractivity contribution is 0.0783. The van der Waals surface area contributed by atoms with Crippen LogP contribution < -0.4 is 9.47 Å². The van der Waals surface area contributed by atoms with Crippen molar-refractivity contribution in [2.45, 2.75) is 6.54 Å². The van der Waals surface area contributed by atoms with Crippen molar-refractivity contribution in [3.8, 4) is 11.5 Å². The number of hydrogen-bond acceptors (Lipinski definition) is 3. The zero-order valence-electron chi connectivity index (χ0n) is 12.1. The van der Waals surface area contributed by atoms with E-state index in [-0.39, 0.29) is 29.8 Å². The predicted octanol–water partition coefficient (Wildman–Crippen LogP) is 4.13. The Morgan fingerprint density at radius 1 is 1.26 bits per heavy atom. The molecule has 1 aliphatic rings. The SMILES string of the molecule is CN(Cc1c(F)cccc1Cl)C(=O)c1cc(Cl)c2c(c1)OCO2. The smallest absolute Gasteiger partial charge is 0.254 e. The number of carbonyl (C=O) groups excluding carboxylic acids is 1. The van der Waals surface area contributed by atoms with Gasteiger partial charge in [-0.1, -0.05) is 29.3 Å². The summed E-state index contributed by atoms with van der Waals surface area (Å²) in [6.45, 7) is 0.101. The molecule has 7 heteroatoms. The summed E-state index contributed by atoms with van der Waals surface area (Å²) in [4.78, 5) is 13.9. The second-order valence-electron chi connectivity index (χ2n) is 5.05. The normalized spacial score (nSPS) is 12.3. The van der Waals surface area contributed by atoms with Crippen molar-refractivity contribution < 1.29 is 18.7 Å². The first-order chi connectivity index (χ1) is 11.0. The van der Waals surface area contributed by atoms with Crippen molar-refractivity contribution >= 4 is 29.1 Å². The van der Waals surface area contributed by atoms with Gasteiger partial charge in [0.05, 0.1) is 5.02 Å². The van der Waals surface area contributed by atoms with Crippen LogP contribution in [0.4, 0.5) is 4.39 Å². The van der Waals surface area contributed by atoms with Crippen molar-refractivity contribution in [2.75, 3.05) is 13.8 Å². The first-order valence-electron chi connectivity index (χ1n) is 6.75. The van der Waals surface area contributed by atoms with Gasteiger partial charge >= 0.3 is 0 Å². The Balaban J connectivity index is 1.84. The lowest BCUT2D eigenvalue weighted by Gasteiger charge is -2.19. The van der Waals surface area contributed by atoms with Gasteiger partial charge in [0.15, 0.2) is 11.5 Å². The highest BCUT2D eigenvalue weighted by Crippen LogP contribution is 2.40. The average molecular weight is 356 g/mol. The molecule has 0 radical (unpaired) electrons. The van der Waals surface area contributed by atoms with E-state index in [1.165, 1.54) is 23.1 Å². The van der Waals surface area contributed by atoms with E-state index in [4.69, 9.17) is 32.7 Å². The summed E-state index contributed by atoms with van der Waals surface area (Å²) in [6, 6.07) is 7.44. The second kappa shape index (κ2) is 6.26. The summed E-state index contributed by atoms with van der Waals surface area (Å²) < 4.78 is 24.3. The summed E-state index contributed by atoms with van der Waals surface area (Å²) in [6.07, 6.45) is 0. The van der Waals surface area contributed by atoms with Crippen LogP contribution in [0.3, 0.4) is 0 Å². The van der Waals surface area contributed by atoms with E-state index < -0.39 is 5.82 Å². The Morgan fingerprint density at radius 2 is 2.04 bits per heavy atom. The number of halogens is 3. The molecule has 0 N–H and O–H groups in total. The van der Waals surface area contributed by atoms with Crippen molar-refractivity contribution in [1.29, 1.82) is 0 Å². The maximum Gasteiger partial charge on any atom is 0.254 e. The number of ether oxygens (including phenoxy) is 2. The Morgan fingerprint density at radius 3 is 2.78 bits per heavy atom. The molecule has 1 aliphatic heterocycles. The summed E-state index contributed by atoms with van der Waals surface area (Å²) in [5.74, 6) is 0.0478. The number of amides is 1. The maximum atomic E-state index is 13.8. The van der Waals surface area contributed by atoms with Crippen molar-refractivity contribution in [3.63, 3.8) is 0 Å². The minimum absolute atomic E-state index is 0.0381. The van der Waals surface area contributed by atoms with Crippen molar-refractivity contribution in [2.24, 2.45) is 0 Å². The van der Waals surface area contributed by atoms with E-state index in [2.05, 4.69) is 0 Å². The third kappa shape index (κ3) is 3.07. The fourth-order valence-corrected chi connectivity index (χ4v) is 2.79. The molecule has 0 fully saturated rings. The average Bonchev–Trinajstić information content (AvgIpc) is 2.99. The van der Waals surface area contributed by atoms with E-state index in [0.717, 1.165) is 0 Å². The largest absolute Gasteiger partial charge is 0.454 e. The van der Waals surface area contributed by atoms with Gasteiger partial charge in [-0.05, 0) is 24.3 Å². The van der Waals surface area contributed by atoms with Crippen LogP contribution in [0, 0.1) is 5.82 Å². The highest BCUT2D eigenvalue weighted by molar-refractivity contribution is 6.32. The molecular weight excluding hydrogens is 344 g/mol. The van der Waals surface area contributed by atoms with Crippen LogP contribution in [0.25, 0.3) is 0 Å². The summed E-state index contributed by atoms with van der Waals surface area (Å²) in [7, 11) is 1.56. The fraction of sp³-hybridized carbons (Fsp3) is 0.188. The Hall–Kier alpha value is -1.98. The molecule has 0 spiro atoms.